The van der Waals surface area contributed by atoms with Crippen LogP contribution in [0, 0.1) is 11.8 Å². The van der Waals surface area contributed by atoms with Crippen LogP contribution in [0.3, 0.4) is 0 Å². The van der Waals surface area contributed by atoms with Crippen molar-refractivity contribution in [2.75, 3.05) is 4.90 Å². The molecule has 6 aromatic rings. The Morgan fingerprint density at radius 3 is 1.84 bits per heavy atom. The Labute approximate surface area is 341 Å². The van der Waals surface area contributed by atoms with Crippen molar-refractivity contribution >= 4 is 27.8 Å². The van der Waals surface area contributed by atoms with Crippen molar-refractivity contribution in [2.24, 2.45) is 11.8 Å². The highest BCUT2D eigenvalue weighted by molar-refractivity contribution is 6.02. The van der Waals surface area contributed by atoms with Crippen molar-refractivity contribution in [3.05, 3.63) is 149 Å². The molecule has 3 unspecified atom stereocenters. The normalized spacial score (nSPS) is 22.8. The molecule has 4 saturated carbocycles. The van der Waals surface area contributed by atoms with Gasteiger partial charge in [-0.3, -0.25) is 0 Å². The van der Waals surface area contributed by atoms with Gasteiger partial charge in [0.2, 0.25) is 0 Å². The summed E-state index contributed by atoms with van der Waals surface area (Å²) in [4.78, 5) is 2.61. The zero-order chi connectivity index (χ0) is 38.1. The van der Waals surface area contributed by atoms with Gasteiger partial charge in [-0.1, -0.05) is 144 Å². The predicted octanol–water partition coefficient (Wildman–Crippen LogP) is 16.3. The summed E-state index contributed by atoms with van der Waals surface area (Å²) in [5, 5.41) is 2.79. The molecule has 4 fully saturated rings. The maximum atomic E-state index is 2.61. The lowest BCUT2D eigenvalue weighted by molar-refractivity contribution is 0.420. The molecule has 0 heterocycles. The smallest absolute Gasteiger partial charge is 0.0542 e. The van der Waals surface area contributed by atoms with Crippen LogP contribution in [0.4, 0.5) is 17.1 Å². The summed E-state index contributed by atoms with van der Waals surface area (Å²) in [5.41, 5.74) is 16.6. The molecule has 5 aliphatic carbocycles. The Bertz CT molecular complexity index is 2410. The minimum absolute atomic E-state index is 0.123. The van der Waals surface area contributed by atoms with Crippen LogP contribution in [0.15, 0.2) is 121 Å². The van der Waals surface area contributed by atoms with Crippen molar-refractivity contribution in [2.45, 2.75) is 127 Å². The van der Waals surface area contributed by atoms with Gasteiger partial charge in [0, 0.05) is 22.2 Å². The molecule has 0 N–H and O–H groups in total. The third-order valence-corrected chi connectivity index (χ3v) is 15.8. The van der Waals surface area contributed by atoms with Crippen LogP contribution in [-0.4, -0.2) is 0 Å². The van der Waals surface area contributed by atoms with Crippen molar-refractivity contribution in [3.8, 4) is 22.3 Å². The number of hydrogen-bond acceptors (Lipinski definition) is 1. The largest absolute Gasteiger partial charge is 0.310 e. The van der Waals surface area contributed by atoms with E-state index in [4.69, 9.17) is 0 Å². The summed E-state index contributed by atoms with van der Waals surface area (Å²) < 4.78 is 0. The van der Waals surface area contributed by atoms with Crippen molar-refractivity contribution in [1.82, 2.24) is 0 Å². The van der Waals surface area contributed by atoms with E-state index in [1.54, 1.807) is 11.1 Å². The number of nitrogens with zero attached hydrogens (tertiary/aromatic N) is 1. The molecule has 2 bridgehead atoms. The summed E-state index contributed by atoms with van der Waals surface area (Å²) in [6, 6.07) is 48.2. The molecule has 0 saturated heterocycles. The fourth-order valence-electron chi connectivity index (χ4n) is 12.7. The summed E-state index contributed by atoms with van der Waals surface area (Å²) in [7, 11) is 0. The molecule has 3 atom stereocenters. The predicted molar refractivity (Wildman–Crippen MR) is 241 cm³/mol. The van der Waals surface area contributed by atoms with Gasteiger partial charge in [-0.2, -0.15) is 0 Å². The van der Waals surface area contributed by atoms with Gasteiger partial charge < -0.3 is 4.90 Å². The molecule has 288 valence electrons. The van der Waals surface area contributed by atoms with E-state index >= 15 is 0 Å². The van der Waals surface area contributed by atoms with Crippen LogP contribution in [0.2, 0.25) is 0 Å². The minimum atomic E-state index is -0.123. The van der Waals surface area contributed by atoms with Crippen molar-refractivity contribution in [3.63, 3.8) is 0 Å². The first-order valence-corrected chi connectivity index (χ1v) is 22.8. The third-order valence-electron chi connectivity index (χ3n) is 15.8. The first-order valence-electron chi connectivity index (χ1n) is 22.8. The molecule has 1 nitrogen and oxygen atoms in total. The Morgan fingerprint density at radius 2 is 1.14 bits per heavy atom. The second-order valence-electron chi connectivity index (χ2n) is 19.3. The number of hydrogen-bond donors (Lipinski definition) is 0. The molecule has 0 radical (unpaired) electrons. The first kappa shape index (κ1) is 35.5. The highest BCUT2D eigenvalue weighted by Gasteiger charge is 2.40. The molecule has 0 spiro atoms. The van der Waals surface area contributed by atoms with E-state index in [1.165, 1.54) is 157 Å². The van der Waals surface area contributed by atoms with Crippen LogP contribution < -0.4 is 4.90 Å². The van der Waals surface area contributed by atoms with E-state index in [-0.39, 0.29) is 5.41 Å². The molecule has 0 aromatic heterocycles. The zero-order valence-electron chi connectivity index (χ0n) is 34.3. The van der Waals surface area contributed by atoms with Crippen LogP contribution in [0.1, 0.15) is 149 Å². The van der Waals surface area contributed by atoms with Crippen molar-refractivity contribution < 1.29 is 0 Å². The van der Waals surface area contributed by atoms with Gasteiger partial charge in [-0.25, -0.2) is 0 Å². The molecular formula is C56H59N. The van der Waals surface area contributed by atoms with E-state index in [2.05, 4.69) is 140 Å². The third kappa shape index (κ3) is 6.18. The summed E-state index contributed by atoms with van der Waals surface area (Å²) in [6.07, 6.45) is 19.2. The first-order chi connectivity index (χ1) is 28.0. The quantitative estimate of drug-likeness (QED) is 0.157. The Kier molecular flexibility index (Phi) is 8.94. The zero-order valence-corrected chi connectivity index (χ0v) is 34.3. The van der Waals surface area contributed by atoms with Gasteiger partial charge in [0.25, 0.3) is 0 Å². The number of anilines is 3. The minimum Gasteiger partial charge on any atom is -0.310 e. The molecule has 5 aliphatic rings. The molecule has 0 amide bonds. The molecule has 6 aromatic carbocycles. The number of rotatable bonds is 7. The standard InChI is InChI=1S/C56H59N/c1-56(2)52-35-44(40-23-21-39(22-24-40)38-11-5-3-6-12-38)27-31-49(52)50-32-30-47(36-53(50)56)57(46-28-25-42(26-29-46)51-34-37-19-20-45(51)33-37)54-18-10-16-43-15-9-17-48(55(43)54)41-13-7-4-8-14-41/h9-10,15-18,21-32,35-38,41,45,51H,3-8,11-14,19-20,33-34H2,1-2H3. The average molecular weight is 746 g/mol. The lowest BCUT2D eigenvalue weighted by Gasteiger charge is -2.31. The molecule has 11 rings (SSSR count). The van der Waals surface area contributed by atoms with E-state index in [9.17, 15) is 0 Å². The molecular weight excluding hydrogens is 687 g/mol. The average Bonchev–Trinajstić information content (AvgIpc) is 3.97. The van der Waals surface area contributed by atoms with E-state index in [0.29, 0.717) is 5.92 Å². The molecule has 57 heavy (non-hydrogen) atoms. The Morgan fingerprint density at radius 1 is 0.509 bits per heavy atom. The van der Waals surface area contributed by atoms with E-state index in [1.807, 2.05) is 0 Å². The lowest BCUT2D eigenvalue weighted by atomic mass is 9.81. The fraction of sp³-hybridized carbons (Fsp3) is 0.393. The Hall–Kier alpha value is -4.62. The monoisotopic (exact) mass is 745 g/mol. The van der Waals surface area contributed by atoms with Crippen molar-refractivity contribution in [1.29, 1.82) is 0 Å². The van der Waals surface area contributed by atoms with Gasteiger partial charge in [-0.05, 0) is 166 Å². The Balaban J connectivity index is 0.996. The molecule has 1 heteroatoms. The van der Waals surface area contributed by atoms with Crippen LogP contribution >= 0.6 is 0 Å². The lowest BCUT2D eigenvalue weighted by Crippen LogP contribution is -2.17. The highest BCUT2D eigenvalue weighted by atomic mass is 15.1. The SMILES string of the molecule is CC1(C)c2cc(-c3ccc(C4CCCCC4)cc3)ccc2-c2ccc(N(c3ccc(C4CC5CCC4C5)cc3)c3cccc4cccc(C5CCCCC5)c34)cc21. The van der Waals surface area contributed by atoms with Gasteiger partial charge in [0.05, 0.1) is 5.69 Å². The van der Waals surface area contributed by atoms with Gasteiger partial charge in [-0.15, -0.1) is 0 Å². The van der Waals surface area contributed by atoms with Gasteiger partial charge >= 0.3 is 0 Å². The van der Waals surface area contributed by atoms with Crippen LogP contribution in [-0.2, 0) is 5.41 Å². The van der Waals surface area contributed by atoms with Crippen LogP contribution in [0.5, 0.6) is 0 Å². The maximum Gasteiger partial charge on any atom is 0.0542 e. The van der Waals surface area contributed by atoms with E-state index in [0.717, 1.165) is 23.7 Å². The van der Waals surface area contributed by atoms with Gasteiger partial charge in [0.1, 0.15) is 0 Å². The van der Waals surface area contributed by atoms with Crippen LogP contribution in [0.25, 0.3) is 33.0 Å². The number of fused-ring (bicyclic) bond motifs is 6. The fourth-order valence-corrected chi connectivity index (χ4v) is 12.7. The highest BCUT2D eigenvalue weighted by Crippen LogP contribution is 2.55. The summed E-state index contributed by atoms with van der Waals surface area (Å²) in [6.45, 7) is 4.90. The topological polar surface area (TPSA) is 3.24 Å². The summed E-state index contributed by atoms with van der Waals surface area (Å²) >= 11 is 0. The maximum absolute atomic E-state index is 2.61. The second-order valence-corrected chi connectivity index (χ2v) is 19.3. The number of benzene rings is 6. The summed E-state index contributed by atoms with van der Waals surface area (Å²) in [5.74, 6) is 3.93. The second kappa shape index (κ2) is 14.3. The van der Waals surface area contributed by atoms with E-state index < -0.39 is 0 Å². The molecule has 0 aliphatic heterocycles. The van der Waals surface area contributed by atoms with Gasteiger partial charge in [0.15, 0.2) is 0 Å².